The molecular weight excluding hydrogens is 342 g/mol. The highest BCUT2D eigenvalue weighted by Gasteiger charge is 2.30. The first kappa shape index (κ1) is 22.0. The maximum atomic E-state index is 12.5. The molecule has 1 N–H and O–H groups in total. The molecule has 2 rings (SSSR count). The van der Waals surface area contributed by atoms with E-state index in [2.05, 4.69) is 24.1 Å². The molecule has 0 saturated carbocycles. The maximum Gasteiger partial charge on any atom is 0.410 e. The summed E-state index contributed by atoms with van der Waals surface area (Å²) in [6.07, 6.45) is 3.51. The second kappa shape index (κ2) is 9.76. The average Bonchev–Trinajstić information content (AvgIpc) is 2.59. The highest BCUT2D eigenvalue weighted by molar-refractivity contribution is 5.79. The molecule has 2 heterocycles. The van der Waals surface area contributed by atoms with E-state index in [-0.39, 0.29) is 17.9 Å². The summed E-state index contributed by atoms with van der Waals surface area (Å²) in [6.45, 7) is 15.6. The van der Waals surface area contributed by atoms with Gasteiger partial charge in [-0.1, -0.05) is 13.8 Å². The topological polar surface area (TPSA) is 61.9 Å². The molecule has 2 fully saturated rings. The molecular formula is C21H39N3O3. The lowest BCUT2D eigenvalue weighted by Crippen LogP contribution is -2.46. The Morgan fingerprint density at radius 2 is 1.63 bits per heavy atom. The largest absolute Gasteiger partial charge is 0.444 e. The number of hydrogen-bond acceptors (Lipinski definition) is 4. The molecule has 2 saturated heterocycles. The van der Waals surface area contributed by atoms with E-state index >= 15 is 0 Å². The summed E-state index contributed by atoms with van der Waals surface area (Å²) < 4.78 is 5.41. The Kier molecular flexibility index (Phi) is 7.95. The molecule has 2 aliphatic heterocycles. The van der Waals surface area contributed by atoms with E-state index in [0.29, 0.717) is 24.9 Å². The SMILES string of the molecule is CC(C)CN1CCC(CNC(=O)C2CCN(C(=O)OC(C)(C)C)CC2)CC1. The van der Waals surface area contributed by atoms with Crippen LogP contribution < -0.4 is 5.32 Å². The smallest absolute Gasteiger partial charge is 0.410 e. The zero-order valence-corrected chi connectivity index (χ0v) is 17.9. The van der Waals surface area contributed by atoms with Gasteiger partial charge < -0.3 is 19.9 Å². The number of rotatable bonds is 5. The van der Waals surface area contributed by atoms with Crippen molar-refractivity contribution in [3.8, 4) is 0 Å². The summed E-state index contributed by atoms with van der Waals surface area (Å²) in [5.41, 5.74) is -0.476. The van der Waals surface area contributed by atoms with Crippen molar-refractivity contribution < 1.29 is 14.3 Å². The van der Waals surface area contributed by atoms with Crippen LogP contribution in [-0.2, 0) is 9.53 Å². The Morgan fingerprint density at radius 3 is 2.15 bits per heavy atom. The van der Waals surface area contributed by atoms with E-state index < -0.39 is 5.60 Å². The quantitative estimate of drug-likeness (QED) is 0.795. The van der Waals surface area contributed by atoms with Crippen molar-refractivity contribution in [1.29, 1.82) is 0 Å². The van der Waals surface area contributed by atoms with Gasteiger partial charge in [0.2, 0.25) is 5.91 Å². The molecule has 6 nitrogen and oxygen atoms in total. The molecule has 0 aromatic carbocycles. The molecule has 0 bridgehead atoms. The fraction of sp³-hybridized carbons (Fsp3) is 0.905. The van der Waals surface area contributed by atoms with Gasteiger partial charge in [0, 0.05) is 32.1 Å². The first-order chi connectivity index (χ1) is 12.6. The van der Waals surface area contributed by atoms with Gasteiger partial charge in [-0.2, -0.15) is 0 Å². The summed E-state index contributed by atoms with van der Waals surface area (Å²) in [7, 11) is 0. The lowest BCUT2D eigenvalue weighted by atomic mass is 9.94. The van der Waals surface area contributed by atoms with Gasteiger partial charge in [0.15, 0.2) is 0 Å². The van der Waals surface area contributed by atoms with E-state index in [9.17, 15) is 9.59 Å². The van der Waals surface area contributed by atoms with Gasteiger partial charge in [-0.25, -0.2) is 4.79 Å². The van der Waals surface area contributed by atoms with E-state index in [0.717, 1.165) is 32.5 Å². The zero-order chi connectivity index (χ0) is 20.0. The van der Waals surface area contributed by atoms with E-state index in [1.807, 2.05) is 20.8 Å². The van der Waals surface area contributed by atoms with Crippen molar-refractivity contribution in [2.75, 3.05) is 39.3 Å². The van der Waals surface area contributed by atoms with Crippen LogP contribution in [0.2, 0.25) is 0 Å². The third-order valence-electron chi connectivity index (χ3n) is 5.41. The molecule has 156 valence electrons. The van der Waals surface area contributed by atoms with Crippen molar-refractivity contribution in [2.24, 2.45) is 17.8 Å². The number of nitrogens with zero attached hydrogens (tertiary/aromatic N) is 2. The number of carbonyl (C=O) groups excluding carboxylic acids is 2. The molecule has 0 spiro atoms. The standard InChI is InChI=1S/C21H39N3O3/c1-16(2)15-23-10-6-17(7-11-23)14-22-19(25)18-8-12-24(13-9-18)20(26)27-21(3,4)5/h16-18H,6-15H2,1-5H3,(H,22,25). The van der Waals surface area contributed by atoms with E-state index in [1.165, 1.54) is 19.4 Å². The van der Waals surface area contributed by atoms with Crippen molar-refractivity contribution in [1.82, 2.24) is 15.1 Å². The monoisotopic (exact) mass is 381 g/mol. The molecule has 2 amide bonds. The minimum atomic E-state index is -0.476. The molecule has 0 aromatic heterocycles. The molecule has 0 aromatic rings. The highest BCUT2D eigenvalue weighted by Crippen LogP contribution is 2.21. The third-order valence-corrected chi connectivity index (χ3v) is 5.41. The summed E-state index contributed by atoms with van der Waals surface area (Å²) in [5.74, 6) is 1.49. The summed E-state index contributed by atoms with van der Waals surface area (Å²) in [5, 5.41) is 3.17. The fourth-order valence-electron chi connectivity index (χ4n) is 3.93. The molecule has 0 unspecified atom stereocenters. The fourth-order valence-corrected chi connectivity index (χ4v) is 3.93. The Balaban J connectivity index is 1.64. The van der Waals surface area contributed by atoms with Crippen LogP contribution in [0.25, 0.3) is 0 Å². The van der Waals surface area contributed by atoms with Gasteiger partial charge in [-0.05, 0) is 71.4 Å². The second-order valence-electron chi connectivity index (χ2n) is 9.62. The molecule has 6 heteroatoms. The van der Waals surface area contributed by atoms with E-state index in [1.54, 1.807) is 4.90 Å². The third kappa shape index (κ3) is 7.68. The van der Waals surface area contributed by atoms with Crippen molar-refractivity contribution in [3.05, 3.63) is 0 Å². The lowest BCUT2D eigenvalue weighted by Gasteiger charge is -2.34. The van der Waals surface area contributed by atoms with Crippen LogP contribution in [0.15, 0.2) is 0 Å². The predicted molar refractivity (Wildman–Crippen MR) is 108 cm³/mol. The van der Waals surface area contributed by atoms with E-state index in [4.69, 9.17) is 4.74 Å². The Labute approximate surface area is 165 Å². The Hall–Kier alpha value is -1.30. The summed E-state index contributed by atoms with van der Waals surface area (Å²) >= 11 is 0. The maximum absolute atomic E-state index is 12.5. The van der Waals surface area contributed by atoms with Crippen LogP contribution in [0.4, 0.5) is 4.79 Å². The zero-order valence-electron chi connectivity index (χ0n) is 17.9. The van der Waals surface area contributed by atoms with Crippen LogP contribution in [0, 0.1) is 17.8 Å². The summed E-state index contributed by atoms with van der Waals surface area (Å²) in [4.78, 5) is 28.9. The van der Waals surface area contributed by atoms with Gasteiger partial charge in [0.1, 0.15) is 5.60 Å². The predicted octanol–water partition coefficient (Wildman–Crippen LogP) is 3.12. The Morgan fingerprint density at radius 1 is 1.04 bits per heavy atom. The minimum Gasteiger partial charge on any atom is -0.444 e. The number of ether oxygens (including phenoxy) is 1. The normalized spacial score (nSPS) is 20.7. The number of hydrogen-bond donors (Lipinski definition) is 1. The molecule has 27 heavy (non-hydrogen) atoms. The van der Waals surface area contributed by atoms with Gasteiger partial charge in [0.25, 0.3) is 0 Å². The molecule has 0 radical (unpaired) electrons. The number of likely N-dealkylation sites (tertiary alicyclic amines) is 2. The lowest BCUT2D eigenvalue weighted by molar-refractivity contribution is -0.126. The van der Waals surface area contributed by atoms with Crippen LogP contribution >= 0.6 is 0 Å². The molecule has 0 atom stereocenters. The van der Waals surface area contributed by atoms with Crippen LogP contribution in [0.5, 0.6) is 0 Å². The first-order valence-electron chi connectivity index (χ1n) is 10.6. The molecule has 0 aliphatic carbocycles. The molecule has 2 aliphatic rings. The van der Waals surface area contributed by atoms with Crippen LogP contribution in [0.1, 0.15) is 60.3 Å². The van der Waals surface area contributed by atoms with Crippen molar-refractivity contribution in [2.45, 2.75) is 65.9 Å². The number of amides is 2. The first-order valence-corrected chi connectivity index (χ1v) is 10.6. The average molecular weight is 382 g/mol. The van der Waals surface area contributed by atoms with Gasteiger partial charge in [0.05, 0.1) is 0 Å². The van der Waals surface area contributed by atoms with Crippen LogP contribution in [0.3, 0.4) is 0 Å². The number of nitrogens with one attached hydrogen (secondary N) is 1. The Bertz CT molecular complexity index is 485. The number of carbonyl (C=O) groups is 2. The van der Waals surface area contributed by atoms with Crippen molar-refractivity contribution >= 4 is 12.0 Å². The highest BCUT2D eigenvalue weighted by atomic mass is 16.6. The van der Waals surface area contributed by atoms with Crippen LogP contribution in [-0.4, -0.2) is 66.7 Å². The summed E-state index contributed by atoms with van der Waals surface area (Å²) in [6, 6.07) is 0. The second-order valence-corrected chi connectivity index (χ2v) is 9.62. The minimum absolute atomic E-state index is 0.0183. The number of piperidine rings is 2. The van der Waals surface area contributed by atoms with Crippen molar-refractivity contribution in [3.63, 3.8) is 0 Å². The van der Waals surface area contributed by atoms with Gasteiger partial charge >= 0.3 is 6.09 Å². The van der Waals surface area contributed by atoms with Gasteiger partial charge in [-0.15, -0.1) is 0 Å². The van der Waals surface area contributed by atoms with Gasteiger partial charge in [-0.3, -0.25) is 4.79 Å².